The van der Waals surface area contributed by atoms with Crippen LogP contribution in [0, 0.1) is 13.5 Å². The molecule has 0 aromatic heterocycles. The van der Waals surface area contributed by atoms with Crippen LogP contribution < -0.4 is 0 Å². The molecule has 1 rings (SSSR count). The quantitative estimate of drug-likeness (QED) is 0.595. The van der Waals surface area contributed by atoms with Crippen molar-refractivity contribution in [3.63, 3.8) is 0 Å². The fourth-order valence-electron chi connectivity index (χ4n) is 0.515. The molecular formula is C7H10W. The van der Waals surface area contributed by atoms with E-state index in [1.807, 2.05) is 0 Å². The Hall–Kier alpha value is 0.168. The molecule has 0 fully saturated rings. The van der Waals surface area contributed by atoms with Gasteiger partial charge in [-0.1, -0.05) is 6.92 Å². The zero-order valence-corrected chi connectivity index (χ0v) is 8.20. The third kappa shape index (κ3) is 3.21. The zero-order valence-electron chi connectivity index (χ0n) is 5.27. The van der Waals surface area contributed by atoms with Gasteiger partial charge in [-0.05, 0) is 0 Å². The van der Waals surface area contributed by atoms with Gasteiger partial charge in [0.05, 0.1) is 0 Å². The molecule has 1 aliphatic carbocycles. The maximum atomic E-state index is 3.12. The predicted molar refractivity (Wildman–Crippen MR) is 32.6 cm³/mol. The van der Waals surface area contributed by atoms with Crippen molar-refractivity contribution in [3.8, 4) is 0 Å². The molecule has 0 radical (unpaired) electrons. The van der Waals surface area contributed by atoms with Crippen LogP contribution in [0.5, 0.6) is 0 Å². The molecule has 0 nitrogen and oxygen atoms in total. The molecule has 1 heteroatoms. The summed E-state index contributed by atoms with van der Waals surface area (Å²) in [5, 5.41) is 0. The normalized spacial score (nSPS) is 13.9. The summed E-state index contributed by atoms with van der Waals surface area (Å²) < 4.78 is 0. The predicted octanol–water partition coefficient (Wildman–Crippen LogP) is 2.14. The van der Waals surface area contributed by atoms with Crippen LogP contribution in [0.2, 0.25) is 0 Å². The monoisotopic (exact) mass is 278 g/mol. The number of hydrogen-bond donors (Lipinski definition) is 0. The number of hydrogen-bond acceptors (Lipinski definition) is 0. The summed E-state index contributed by atoms with van der Waals surface area (Å²) in [6.45, 7) is 2.06. The van der Waals surface area contributed by atoms with Gasteiger partial charge in [0, 0.05) is 0 Å². The van der Waals surface area contributed by atoms with E-state index in [9.17, 15) is 0 Å². The van der Waals surface area contributed by atoms with Gasteiger partial charge in [-0.3, -0.25) is 6.08 Å². The van der Waals surface area contributed by atoms with E-state index >= 15 is 0 Å². The molecule has 0 unspecified atom stereocenters. The first-order valence-corrected chi connectivity index (χ1v) is 2.13. The Morgan fingerprint density at radius 1 is 1.62 bits per heavy atom. The Morgan fingerprint density at radius 2 is 2.25 bits per heavy atom. The van der Waals surface area contributed by atoms with Gasteiger partial charge in [0.15, 0.2) is 0 Å². The minimum Gasteiger partial charge on any atom is -0.358 e. The zero-order chi connectivity index (χ0) is 4.41. The van der Waals surface area contributed by atoms with E-state index in [0.29, 0.717) is 0 Å². The minimum atomic E-state index is 0. The summed E-state index contributed by atoms with van der Waals surface area (Å²) in [5.74, 6) is 0. The average molecular weight is 278 g/mol. The third-order valence-electron chi connectivity index (χ3n) is 0.867. The molecule has 0 saturated carbocycles. The van der Waals surface area contributed by atoms with Gasteiger partial charge < -0.3 is 7.43 Å². The first-order chi connectivity index (χ1) is 2.89. The van der Waals surface area contributed by atoms with Gasteiger partial charge in [-0.15, -0.1) is 6.42 Å². The van der Waals surface area contributed by atoms with Crippen LogP contribution in [-0.2, 0) is 21.1 Å². The van der Waals surface area contributed by atoms with Crippen molar-refractivity contribution in [2.24, 2.45) is 0 Å². The Labute approximate surface area is 65.9 Å². The van der Waals surface area contributed by atoms with Crippen molar-refractivity contribution < 1.29 is 21.1 Å². The molecule has 0 bridgehead atoms. The Morgan fingerprint density at radius 3 is 2.38 bits per heavy atom. The minimum absolute atomic E-state index is 0. The first kappa shape index (κ1) is 11.0. The largest absolute Gasteiger partial charge is 2.00 e. The molecule has 0 aromatic rings. The van der Waals surface area contributed by atoms with Gasteiger partial charge in [0.2, 0.25) is 0 Å². The maximum absolute atomic E-state index is 3.12. The van der Waals surface area contributed by atoms with E-state index < -0.39 is 0 Å². The van der Waals surface area contributed by atoms with Crippen LogP contribution in [0.4, 0.5) is 0 Å². The fourth-order valence-corrected chi connectivity index (χ4v) is 0.515. The molecule has 0 aromatic carbocycles. The summed E-state index contributed by atoms with van der Waals surface area (Å²) in [6.07, 6.45) is 8.33. The van der Waals surface area contributed by atoms with Crippen LogP contribution in [0.25, 0.3) is 0 Å². The molecular weight excluding hydrogens is 268 g/mol. The molecule has 0 saturated heterocycles. The topological polar surface area (TPSA) is 0 Å². The van der Waals surface area contributed by atoms with Crippen LogP contribution in [0.15, 0.2) is 17.7 Å². The van der Waals surface area contributed by atoms with E-state index in [0.717, 1.165) is 6.42 Å². The first-order valence-electron chi connectivity index (χ1n) is 2.13. The smallest absolute Gasteiger partial charge is 0.358 e. The van der Waals surface area contributed by atoms with E-state index in [2.05, 4.69) is 25.2 Å². The Kier molecular flexibility index (Phi) is 7.32. The molecule has 0 heterocycles. The second-order valence-corrected chi connectivity index (χ2v) is 1.47. The standard InChI is InChI=1S/C6H7.CH3.W/c1-6-4-2-3-5-6;;/h2,4H,3H2,1H3;1H3;/q2*-1;+2. The van der Waals surface area contributed by atoms with E-state index in [-0.39, 0.29) is 28.5 Å². The Bertz CT molecular complexity index is 98.2. The van der Waals surface area contributed by atoms with E-state index in [1.54, 1.807) is 0 Å². The summed E-state index contributed by atoms with van der Waals surface area (Å²) in [5.41, 5.74) is 1.27. The van der Waals surface area contributed by atoms with Crippen LogP contribution >= 0.6 is 0 Å². The van der Waals surface area contributed by atoms with Crippen molar-refractivity contribution in [3.05, 3.63) is 31.2 Å². The number of allylic oxidation sites excluding steroid dienone is 4. The molecule has 0 atom stereocenters. The SMILES string of the molecule is CC1=[C-]CC=C1.[CH3-].[W+2]. The molecule has 44 valence electrons. The molecule has 8 heavy (non-hydrogen) atoms. The maximum Gasteiger partial charge on any atom is 2.00 e. The third-order valence-corrected chi connectivity index (χ3v) is 0.867. The van der Waals surface area contributed by atoms with Crippen LogP contribution in [-0.4, -0.2) is 0 Å². The number of rotatable bonds is 0. The van der Waals surface area contributed by atoms with Crippen LogP contribution in [0.3, 0.4) is 0 Å². The van der Waals surface area contributed by atoms with Gasteiger partial charge >= 0.3 is 21.1 Å². The molecule has 1 aliphatic rings. The Balaban J connectivity index is 0. The van der Waals surface area contributed by atoms with Crippen molar-refractivity contribution in [2.45, 2.75) is 13.3 Å². The van der Waals surface area contributed by atoms with Crippen molar-refractivity contribution in [2.75, 3.05) is 0 Å². The second-order valence-electron chi connectivity index (χ2n) is 1.47. The summed E-state index contributed by atoms with van der Waals surface area (Å²) in [4.78, 5) is 0. The van der Waals surface area contributed by atoms with E-state index in [1.165, 1.54) is 5.57 Å². The van der Waals surface area contributed by atoms with Gasteiger partial charge in [0.25, 0.3) is 0 Å². The van der Waals surface area contributed by atoms with Gasteiger partial charge in [-0.25, -0.2) is 11.6 Å². The van der Waals surface area contributed by atoms with Crippen LogP contribution in [0.1, 0.15) is 13.3 Å². The molecule has 0 spiro atoms. The second kappa shape index (κ2) is 5.31. The van der Waals surface area contributed by atoms with Gasteiger partial charge in [-0.2, -0.15) is 6.08 Å². The summed E-state index contributed by atoms with van der Waals surface area (Å²) in [7, 11) is 0. The molecule has 0 amide bonds. The average Bonchev–Trinajstić information content (AvgIpc) is 1.86. The van der Waals surface area contributed by atoms with E-state index in [4.69, 9.17) is 0 Å². The van der Waals surface area contributed by atoms with Crippen molar-refractivity contribution >= 4 is 0 Å². The molecule has 0 aliphatic heterocycles. The van der Waals surface area contributed by atoms with Crippen molar-refractivity contribution in [1.29, 1.82) is 0 Å². The summed E-state index contributed by atoms with van der Waals surface area (Å²) in [6, 6.07) is 0. The van der Waals surface area contributed by atoms with Crippen molar-refractivity contribution in [1.82, 2.24) is 0 Å². The molecule has 0 N–H and O–H groups in total. The fraction of sp³-hybridized carbons (Fsp3) is 0.286. The summed E-state index contributed by atoms with van der Waals surface area (Å²) >= 11 is 0. The van der Waals surface area contributed by atoms with Gasteiger partial charge in [0.1, 0.15) is 0 Å².